The second kappa shape index (κ2) is 7.78. The predicted molar refractivity (Wildman–Crippen MR) is 85.1 cm³/mol. The van der Waals surface area contributed by atoms with E-state index in [1.165, 1.54) is 0 Å². The normalized spacial score (nSPS) is 11.2. The molecular weight excluding hydrogens is 266 g/mol. The fourth-order valence-electron chi connectivity index (χ4n) is 2.03. The maximum atomic E-state index is 12.1. The molecule has 0 aliphatic rings. The monoisotopic (exact) mass is 291 g/mol. The van der Waals surface area contributed by atoms with Crippen LogP contribution in [-0.4, -0.2) is 35.8 Å². The number of benzene rings is 1. The van der Waals surface area contributed by atoms with Crippen LogP contribution in [0.5, 0.6) is 0 Å². The molecule has 21 heavy (non-hydrogen) atoms. The number of nitrogens with one attached hydrogen (secondary N) is 1. The first-order chi connectivity index (χ1) is 9.79. The summed E-state index contributed by atoms with van der Waals surface area (Å²) in [4.78, 5) is 25.2. The molecule has 116 valence electrons. The Balaban J connectivity index is 2.61. The van der Waals surface area contributed by atoms with Gasteiger partial charge in [-0.3, -0.25) is 14.5 Å². The zero-order chi connectivity index (χ0) is 16.0. The van der Waals surface area contributed by atoms with Gasteiger partial charge in [0.2, 0.25) is 11.8 Å². The van der Waals surface area contributed by atoms with Gasteiger partial charge in [-0.1, -0.05) is 13.8 Å². The van der Waals surface area contributed by atoms with Gasteiger partial charge in [0.05, 0.1) is 6.54 Å². The summed E-state index contributed by atoms with van der Waals surface area (Å²) in [6.07, 6.45) is 0. The van der Waals surface area contributed by atoms with E-state index in [1.807, 2.05) is 0 Å². The highest BCUT2D eigenvalue weighted by atomic mass is 16.2. The summed E-state index contributed by atoms with van der Waals surface area (Å²) in [6, 6.07) is 6.88. The van der Waals surface area contributed by atoms with Gasteiger partial charge in [-0.15, -0.1) is 0 Å². The Hall–Kier alpha value is -1.88. The topological polar surface area (TPSA) is 75.4 Å². The van der Waals surface area contributed by atoms with Crippen LogP contribution in [0.4, 0.5) is 5.69 Å². The predicted octanol–water partition coefficient (Wildman–Crippen LogP) is 2.09. The van der Waals surface area contributed by atoms with E-state index in [0.717, 1.165) is 6.54 Å². The Bertz CT molecular complexity index is 481. The average molecular weight is 291 g/mol. The highest BCUT2D eigenvalue weighted by Crippen LogP contribution is 2.10. The molecule has 0 fully saturated rings. The van der Waals surface area contributed by atoms with E-state index in [2.05, 4.69) is 37.9 Å². The summed E-state index contributed by atoms with van der Waals surface area (Å²) in [5, 5.41) is 2.83. The van der Waals surface area contributed by atoms with E-state index >= 15 is 0 Å². The van der Waals surface area contributed by atoms with Gasteiger partial charge in [0.15, 0.2) is 0 Å². The Morgan fingerprint density at radius 1 is 1.14 bits per heavy atom. The van der Waals surface area contributed by atoms with Crippen LogP contribution in [0.3, 0.4) is 0 Å². The first-order valence-electron chi connectivity index (χ1n) is 7.23. The van der Waals surface area contributed by atoms with Crippen molar-refractivity contribution >= 4 is 17.5 Å². The van der Waals surface area contributed by atoms with Crippen molar-refractivity contribution in [2.45, 2.75) is 33.7 Å². The third-order valence-electron chi connectivity index (χ3n) is 3.13. The van der Waals surface area contributed by atoms with Crippen molar-refractivity contribution < 1.29 is 9.59 Å². The molecule has 0 aromatic heterocycles. The quantitative estimate of drug-likeness (QED) is 0.807. The molecule has 0 aliphatic carbocycles. The molecule has 2 amide bonds. The maximum Gasteiger partial charge on any atom is 0.248 e. The molecule has 5 nitrogen and oxygen atoms in total. The van der Waals surface area contributed by atoms with E-state index in [1.54, 1.807) is 24.3 Å². The van der Waals surface area contributed by atoms with Gasteiger partial charge in [-0.05, 0) is 44.0 Å². The standard InChI is InChI=1S/C16H25N3O2/c1-11(2)9-19(12(3)4)10-15(20)18-14-7-5-13(6-8-14)16(17)21/h5-8,11-12H,9-10H2,1-4H3,(H2,17,21)(H,18,20). The van der Waals surface area contributed by atoms with Crippen LogP contribution in [0.15, 0.2) is 24.3 Å². The summed E-state index contributed by atoms with van der Waals surface area (Å²) in [6.45, 7) is 9.67. The van der Waals surface area contributed by atoms with Gasteiger partial charge in [-0.25, -0.2) is 0 Å². The van der Waals surface area contributed by atoms with Gasteiger partial charge < -0.3 is 11.1 Å². The minimum absolute atomic E-state index is 0.0591. The summed E-state index contributed by atoms with van der Waals surface area (Å²) in [7, 11) is 0. The van der Waals surface area contributed by atoms with Crippen molar-refractivity contribution in [3.05, 3.63) is 29.8 Å². The second-order valence-corrected chi connectivity index (χ2v) is 5.91. The fraction of sp³-hybridized carbons (Fsp3) is 0.500. The van der Waals surface area contributed by atoms with E-state index in [-0.39, 0.29) is 5.91 Å². The molecule has 3 N–H and O–H groups in total. The lowest BCUT2D eigenvalue weighted by Gasteiger charge is -2.27. The van der Waals surface area contributed by atoms with Crippen LogP contribution in [0.1, 0.15) is 38.1 Å². The van der Waals surface area contributed by atoms with Crippen LogP contribution >= 0.6 is 0 Å². The molecule has 0 radical (unpaired) electrons. The molecule has 0 aliphatic heterocycles. The van der Waals surface area contributed by atoms with Crippen molar-refractivity contribution in [1.29, 1.82) is 0 Å². The number of rotatable bonds is 7. The van der Waals surface area contributed by atoms with Crippen LogP contribution < -0.4 is 11.1 Å². The van der Waals surface area contributed by atoms with Crippen molar-refractivity contribution in [3.8, 4) is 0 Å². The number of hydrogen-bond acceptors (Lipinski definition) is 3. The Morgan fingerprint density at radius 3 is 2.14 bits per heavy atom. The molecule has 0 heterocycles. The molecule has 0 unspecified atom stereocenters. The second-order valence-electron chi connectivity index (χ2n) is 5.91. The molecule has 0 spiro atoms. The van der Waals surface area contributed by atoms with Crippen molar-refractivity contribution in [3.63, 3.8) is 0 Å². The van der Waals surface area contributed by atoms with Gasteiger partial charge in [0.1, 0.15) is 0 Å². The molecule has 0 saturated carbocycles. The lowest BCUT2D eigenvalue weighted by Crippen LogP contribution is -2.40. The Kier molecular flexibility index (Phi) is 6.37. The van der Waals surface area contributed by atoms with E-state index in [0.29, 0.717) is 29.8 Å². The Morgan fingerprint density at radius 2 is 1.71 bits per heavy atom. The number of nitrogens with two attached hydrogens (primary N) is 1. The third kappa shape index (κ3) is 5.95. The molecular formula is C16H25N3O2. The molecule has 1 rings (SSSR count). The average Bonchev–Trinajstić information content (AvgIpc) is 2.37. The number of carbonyl (C=O) groups is 2. The van der Waals surface area contributed by atoms with Crippen LogP contribution in [0, 0.1) is 5.92 Å². The van der Waals surface area contributed by atoms with Gasteiger partial charge in [-0.2, -0.15) is 0 Å². The van der Waals surface area contributed by atoms with Gasteiger partial charge in [0.25, 0.3) is 0 Å². The molecule has 1 aromatic carbocycles. The van der Waals surface area contributed by atoms with Crippen LogP contribution in [0.25, 0.3) is 0 Å². The minimum Gasteiger partial charge on any atom is -0.366 e. The summed E-state index contributed by atoms with van der Waals surface area (Å²) >= 11 is 0. The zero-order valence-electron chi connectivity index (χ0n) is 13.2. The largest absolute Gasteiger partial charge is 0.366 e. The summed E-state index contributed by atoms with van der Waals surface area (Å²) in [5.41, 5.74) is 6.27. The van der Waals surface area contributed by atoms with E-state index in [9.17, 15) is 9.59 Å². The van der Waals surface area contributed by atoms with Gasteiger partial charge in [0, 0.05) is 23.8 Å². The lowest BCUT2D eigenvalue weighted by atomic mass is 10.1. The molecule has 0 bridgehead atoms. The first-order valence-corrected chi connectivity index (χ1v) is 7.23. The van der Waals surface area contributed by atoms with Crippen LogP contribution in [0.2, 0.25) is 0 Å². The van der Waals surface area contributed by atoms with Crippen LogP contribution in [-0.2, 0) is 4.79 Å². The number of anilines is 1. The van der Waals surface area contributed by atoms with E-state index in [4.69, 9.17) is 5.73 Å². The fourth-order valence-corrected chi connectivity index (χ4v) is 2.03. The first kappa shape index (κ1) is 17.2. The number of hydrogen-bond donors (Lipinski definition) is 2. The molecule has 5 heteroatoms. The number of primary amides is 1. The number of nitrogens with zero attached hydrogens (tertiary/aromatic N) is 1. The van der Waals surface area contributed by atoms with E-state index < -0.39 is 5.91 Å². The minimum atomic E-state index is -0.476. The lowest BCUT2D eigenvalue weighted by molar-refractivity contribution is -0.117. The Labute approximate surface area is 126 Å². The maximum absolute atomic E-state index is 12.1. The SMILES string of the molecule is CC(C)CN(CC(=O)Nc1ccc(C(N)=O)cc1)C(C)C. The zero-order valence-corrected chi connectivity index (χ0v) is 13.2. The molecule has 1 aromatic rings. The highest BCUT2D eigenvalue weighted by Gasteiger charge is 2.15. The highest BCUT2D eigenvalue weighted by molar-refractivity contribution is 5.95. The van der Waals surface area contributed by atoms with Crippen molar-refractivity contribution in [2.24, 2.45) is 11.7 Å². The van der Waals surface area contributed by atoms with Gasteiger partial charge >= 0.3 is 0 Å². The number of amides is 2. The smallest absolute Gasteiger partial charge is 0.248 e. The third-order valence-corrected chi connectivity index (χ3v) is 3.13. The molecule has 0 atom stereocenters. The summed E-state index contributed by atoms with van der Waals surface area (Å²) < 4.78 is 0. The summed E-state index contributed by atoms with van der Waals surface area (Å²) in [5.74, 6) is -0.0259. The van der Waals surface area contributed by atoms with Crippen molar-refractivity contribution in [1.82, 2.24) is 4.90 Å². The molecule has 0 saturated heterocycles. The van der Waals surface area contributed by atoms with Crippen molar-refractivity contribution in [2.75, 3.05) is 18.4 Å². The number of carbonyl (C=O) groups excluding carboxylic acids is 2.